The Balaban J connectivity index is 0.000000151. The standard InChI is InChI=1S/2C9H12O.C5H6.C4H6O/c2*1-9(6-10)5-7-2-3-8(9)4-7;1-2-4-5-3-1;1-4(2)3-5/h2*2-3,6-8H,4-5H2,1H3;1-4H,5H2;3H,1H2,2H3. The van der Waals surface area contributed by atoms with Gasteiger partial charge in [-0.3, -0.25) is 4.79 Å². The second-order valence-corrected chi connectivity index (χ2v) is 9.69. The molecule has 0 saturated heterocycles. The molecular formula is C27H36O3. The highest BCUT2D eigenvalue weighted by molar-refractivity contribution is 5.70. The van der Waals surface area contributed by atoms with Gasteiger partial charge in [-0.25, -0.2) is 0 Å². The molecule has 0 aliphatic heterocycles. The minimum atomic E-state index is -0.0145. The fourth-order valence-corrected chi connectivity index (χ4v) is 4.93. The van der Waals surface area contributed by atoms with Crippen molar-refractivity contribution in [3.05, 3.63) is 60.8 Å². The Morgan fingerprint density at radius 2 is 1.23 bits per heavy atom. The molecule has 30 heavy (non-hydrogen) atoms. The van der Waals surface area contributed by atoms with E-state index in [9.17, 15) is 14.4 Å². The van der Waals surface area contributed by atoms with Crippen molar-refractivity contribution in [3.8, 4) is 0 Å². The molecule has 3 heteroatoms. The van der Waals surface area contributed by atoms with Gasteiger partial charge in [0.05, 0.1) is 0 Å². The molecule has 5 aliphatic carbocycles. The zero-order valence-corrected chi connectivity index (χ0v) is 18.6. The fourth-order valence-electron chi connectivity index (χ4n) is 4.93. The number of allylic oxidation sites excluding steroid dienone is 9. The lowest BCUT2D eigenvalue weighted by atomic mass is 9.79. The van der Waals surface area contributed by atoms with Crippen molar-refractivity contribution in [1.29, 1.82) is 0 Å². The smallest absolute Gasteiger partial charge is 0.145 e. The van der Waals surface area contributed by atoms with Crippen LogP contribution in [0.25, 0.3) is 0 Å². The van der Waals surface area contributed by atoms with Crippen LogP contribution >= 0.6 is 0 Å². The van der Waals surface area contributed by atoms with Crippen LogP contribution in [0.4, 0.5) is 0 Å². The maximum atomic E-state index is 10.7. The quantitative estimate of drug-likeness (QED) is 0.335. The summed E-state index contributed by atoms with van der Waals surface area (Å²) in [6, 6.07) is 0. The van der Waals surface area contributed by atoms with Gasteiger partial charge in [0, 0.05) is 10.8 Å². The van der Waals surface area contributed by atoms with Gasteiger partial charge in [-0.05, 0) is 68.3 Å². The van der Waals surface area contributed by atoms with Gasteiger partial charge < -0.3 is 9.59 Å². The Kier molecular flexibility index (Phi) is 8.52. The van der Waals surface area contributed by atoms with Crippen LogP contribution in [-0.4, -0.2) is 18.9 Å². The van der Waals surface area contributed by atoms with Crippen molar-refractivity contribution < 1.29 is 14.4 Å². The van der Waals surface area contributed by atoms with Crippen LogP contribution in [0.3, 0.4) is 0 Å². The molecule has 0 amide bonds. The van der Waals surface area contributed by atoms with E-state index in [4.69, 9.17) is 0 Å². The van der Waals surface area contributed by atoms with Gasteiger partial charge in [0.1, 0.15) is 18.9 Å². The monoisotopic (exact) mass is 408 g/mol. The van der Waals surface area contributed by atoms with Gasteiger partial charge >= 0.3 is 0 Å². The number of carbonyl (C=O) groups excluding carboxylic acids is 3. The Labute approximate surface area is 181 Å². The van der Waals surface area contributed by atoms with Crippen molar-refractivity contribution in [2.45, 2.75) is 52.9 Å². The van der Waals surface area contributed by atoms with Crippen LogP contribution in [0.2, 0.25) is 0 Å². The van der Waals surface area contributed by atoms with Crippen LogP contribution in [-0.2, 0) is 14.4 Å². The van der Waals surface area contributed by atoms with Gasteiger partial charge in [-0.15, -0.1) is 0 Å². The molecule has 0 spiro atoms. The highest BCUT2D eigenvalue weighted by atomic mass is 16.1. The first-order chi connectivity index (χ1) is 14.3. The first kappa shape index (κ1) is 24.0. The first-order valence-electron chi connectivity index (χ1n) is 11.0. The summed E-state index contributed by atoms with van der Waals surface area (Å²) in [4.78, 5) is 30.8. The summed E-state index contributed by atoms with van der Waals surface area (Å²) in [5.74, 6) is 2.52. The average molecular weight is 409 g/mol. The summed E-state index contributed by atoms with van der Waals surface area (Å²) in [6.45, 7) is 9.12. The third-order valence-electron chi connectivity index (χ3n) is 6.84. The van der Waals surface area contributed by atoms with Gasteiger partial charge in [0.2, 0.25) is 0 Å². The van der Waals surface area contributed by atoms with Crippen LogP contribution in [0.1, 0.15) is 52.9 Å². The first-order valence-corrected chi connectivity index (χ1v) is 11.0. The fraction of sp³-hybridized carbons (Fsp3) is 0.519. The Morgan fingerprint density at radius 3 is 1.37 bits per heavy atom. The summed E-state index contributed by atoms with van der Waals surface area (Å²) in [5, 5.41) is 0. The zero-order chi connectivity index (χ0) is 22.2. The molecule has 0 radical (unpaired) electrons. The van der Waals surface area contributed by atoms with Crippen molar-refractivity contribution in [2.24, 2.45) is 34.5 Å². The summed E-state index contributed by atoms with van der Waals surface area (Å²) < 4.78 is 0. The van der Waals surface area contributed by atoms with Gasteiger partial charge in [0.25, 0.3) is 0 Å². The lowest BCUT2D eigenvalue weighted by Crippen LogP contribution is -2.22. The summed E-state index contributed by atoms with van der Waals surface area (Å²) >= 11 is 0. The van der Waals surface area contributed by atoms with E-state index in [1.165, 1.54) is 12.8 Å². The van der Waals surface area contributed by atoms with Crippen LogP contribution in [0.5, 0.6) is 0 Å². The molecule has 3 nitrogen and oxygen atoms in total. The average Bonchev–Trinajstić information content (AvgIpc) is 3.56. The van der Waals surface area contributed by atoms with E-state index in [1.807, 2.05) is 0 Å². The second kappa shape index (κ2) is 10.7. The molecule has 0 N–H and O–H groups in total. The SMILES string of the molecule is C1=CCC=C1.C=C(C)C=O.CC1(C=O)CC2C=CC1C2.CC1(C=O)CC2C=CC1C2. The van der Waals surface area contributed by atoms with E-state index < -0.39 is 0 Å². The molecule has 2 fully saturated rings. The molecule has 6 unspecified atom stereocenters. The van der Waals surface area contributed by atoms with Gasteiger partial charge in [0.15, 0.2) is 0 Å². The predicted molar refractivity (Wildman–Crippen MR) is 123 cm³/mol. The number of rotatable bonds is 3. The number of fused-ring (bicyclic) bond motifs is 4. The van der Waals surface area contributed by atoms with Crippen LogP contribution < -0.4 is 0 Å². The number of carbonyl (C=O) groups is 3. The van der Waals surface area contributed by atoms with Gasteiger partial charge in [-0.1, -0.05) is 69.0 Å². The maximum Gasteiger partial charge on any atom is 0.145 e. The number of aldehydes is 3. The van der Waals surface area contributed by atoms with Gasteiger partial charge in [-0.2, -0.15) is 0 Å². The Hall–Kier alpha value is -2.29. The molecule has 2 saturated carbocycles. The normalized spacial score (nSPS) is 37.4. The van der Waals surface area contributed by atoms with E-state index in [0.29, 0.717) is 29.2 Å². The molecule has 4 bridgehead atoms. The highest BCUT2D eigenvalue weighted by Gasteiger charge is 2.45. The summed E-state index contributed by atoms with van der Waals surface area (Å²) in [7, 11) is 0. The second-order valence-electron chi connectivity index (χ2n) is 9.69. The van der Waals surface area contributed by atoms with E-state index in [1.54, 1.807) is 6.92 Å². The lowest BCUT2D eigenvalue weighted by Gasteiger charge is -2.23. The highest BCUT2D eigenvalue weighted by Crippen LogP contribution is 2.51. The van der Waals surface area contributed by atoms with Crippen LogP contribution in [0, 0.1) is 34.5 Å². The number of hydrogen-bond donors (Lipinski definition) is 0. The number of hydrogen-bond acceptors (Lipinski definition) is 3. The van der Waals surface area contributed by atoms with E-state index >= 15 is 0 Å². The van der Waals surface area contributed by atoms with Crippen LogP contribution in [0.15, 0.2) is 60.8 Å². The Bertz CT molecular complexity index is 702. The van der Waals surface area contributed by atoms with E-state index in [2.05, 4.69) is 69.0 Å². The molecular weight excluding hydrogens is 372 g/mol. The summed E-state index contributed by atoms with van der Waals surface area (Å²) in [5.41, 5.74) is 0.545. The van der Waals surface area contributed by atoms with Crippen molar-refractivity contribution >= 4 is 18.9 Å². The zero-order valence-electron chi connectivity index (χ0n) is 18.6. The molecule has 5 aliphatic rings. The predicted octanol–water partition coefficient (Wildman–Crippen LogP) is 5.84. The molecule has 162 valence electrons. The molecule has 6 atom stereocenters. The Morgan fingerprint density at radius 1 is 0.833 bits per heavy atom. The molecule has 5 rings (SSSR count). The third kappa shape index (κ3) is 6.10. The van der Waals surface area contributed by atoms with E-state index in [-0.39, 0.29) is 10.8 Å². The van der Waals surface area contributed by atoms with Crippen molar-refractivity contribution in [2.75, 3.05) is 0 Å². The molecule has 0 aromatic rings. The minimum Gasteiger partial charge on any atom is -0.303 e. The summed E-state index contributed by atoms with van der Waals surface area (Å²) in [6.07, 6.45) is 26.0. The molecule has 0 aromatic heterocycles. The van der Waals surface area contributed by atoms with E-state index in [0.717, 1.165) is 38.1 Å². The maximum absolute atomic E-state index is 10.7. The largest absolute Gasteiger partial charge is 0.303 e. The van der Waals surface area contributed by atoms with Crippen molar-refractivity contribution in [3.63, 3.8) is 0 Å². The molecule has 0 heterocycles. The minimum absolute atomic E-state index is 0.0145. The lowest BCUT2D eigenvalue weighted by molar-refractivity contribution is -0.117. The molecule has 0 aromatic carbocycles. The third-order valence-corrected chi connectivity index (χ3v) is 6.84. The topological polar surface area (TPSA) is 51.2 Å². The van der Waals surface area contributed by atoms with Crippen molar-refractivity contribution in [1.82, 2.24) is 0 Å².